The SMILES string of the molecule is CC(=O)NC[C@H]1[C@H]2C[C@H](CN(Cc3cncs3)C2)[C@@H]2CCCC(=O)N21. The largest absolute Gasteiger partial charge is 0.354 e. The van der Waals surface area contributed by atoms with Crippen LogP contribution in [0.1, 0.15) is 37.5 Å². The normalized spacial score (nSPS) is 32.4. The summed E-state index contributed by atoms with van der Waals surface area (Å²) < 4.78 is 0. The van der Waals surface area contributed by atoms with E-state index in [1.54, 1.807) is 18.3 Å². The van der Waals surface area contributed by atoms with Gasteiger partial charge in [0.25, 0.3) is 0 Å². The summed E-state index contributed by atoms with van der Waals surface area (Å²) in [6, 6.07) is 0.489. The number of hydrogen-bond acceptors (Lipinski definition) is 5. The van der Waals surface area contributed by atoms with E-state index < -0.39 is 0 Å². The molecule has 0 radical (unpaired) electrons. The lowest BCUT2D eigenvalue weighted by Crippen LogP contribution is -2.66. The second-order valence-electron chi connectivity index (χ2n) is 7.68. The van der Waals surface area contributed by atoms with Gasteiger partial charge < -0.3 is 10.2 Å². The van der Waals surface area contributed by atoms with Gasteiger partial charge in [-0.2, -0.15) is 0 Å². The number of likely N-dealkylation sites (tertiary alicyclic amines) is 1. The molecule has 2 amide bonds. The Bertz CT molecular complexity index is 635. The predicted molar refractivity (Wildman–Crippen MR) is 95.9 cm³/mol. The molecule has 7 heteroatoms. The number of nitrogens with one attached hydrogen (secondary N) is 1. The van der Waals surface area contributed by atoms with Gasteiger partial charge in [0.15, 0.2) is 0 Å². The highest BCUT2D eigenvalue weighted by Crippen LogP contribution is 2.41. The van der Waals surface area contributed by atoms with E-state index >= 15 is 0 Å². The third kappa shape index (κ3) is 3.44. The number of carbonyl (C=O) groups excluding carboxylic acids is 2. The highest BCUT2D eigenvalue weighted by Gasteiger charge is 2.49. The molecule has 1 aromatic rings. The van der Waals surface area contributed by atoms with Crippen molar-refractivity contribution in [1.29, 1.82) is 0 Å². The number of amides is 2. The van der Waals surface area contributed by atoms with Crippen LogP contribution >= 0.6 is 11.3 Å². The van der Waals surface area contributed by atoms with Crippen molar-refractivity contribution in [3.05, 3.63) is 16.6 Å². The van der Waals surface area contributed by atoms with Crippen LogP contribution < -0.4 is 5.32 Å². The molecule has 3 fully saturated rings. The fraction of sp³-hybridized carbons (Fsp3) is 0.722. The Balaban J connectivity index is 1.54. The van der Waals surface area contributed by atoms with Gasteiger partial charge in [-0.15, -0.1) is 11.3 Å². The average molecular weight is 362 g/mol. The van der Waals surface area contributed by atoms with Crippen LogP contribution in [0.4, 0.5) is 0 Å². The van der Waals surface area contributed by atoms with Gasteiger partial charge >= 0.3 is 0 Å². The summed E-state index contributed by atoms with van der Waals surface area (Å²) in [5.74, 6) is 1.28. The first kappa shape index (κ1) is 17.0. The molecule has 136 valence electrons. The Morgan fingerprint density at radius 3 is 3.00 bits per heavy atom. The Morgan fingerprint density at radius 2 is 2.24 bits per heavy atom. The summed E-state index contributed by atoms with van der Waals surface area (Å²) in [5.41, 5.74) is 1.89. The van der Waals surface area contributed by atoms with Crippen molar-refractivity contribution in [3.63, 3.8) is 0 Å². The number of nitrogens with zero attached hydrogens (tertiary/aromatic N) is 3. The molecule has 3 saturated heterocycles. The van der Waals surface area contributed by atoms with E-state index in [0.717, 1.165) is 32.5 Å². The van der Waals surface area contributed by atoms with E-state index in [9.17, 15) is 9.59 Å². The first-order valence-corrected chi connectivity index (χ1v) is 10.1. The number of carbonyl (C=O) groups is 2. The zero-order valence-electron chi connectivity index (χ0n) is 14.7. The molecule has 0 aliphatic carbocycles. The van der Waals surface area contributed by atoms with Crippen molar-refractivity contribution in [3.8, 4) is 0 Å². The van der Waals surface area contributed by atoms with Crippen molar-refractivity contribution in [2.45, 2.75) is 51.2 Å². The number of piperidine rings is 3. The van der Waals surface area contributed by atoms with Crippen LogP contribution in [0.2, 0.25) is 0 Å². The Kier molecular flexibility index (Phi) is 4.78. The van der Waals surface area contributed by atoms with Crippen LogP contribution in [-0.2, 0) is 16.1 Å². The average Bonchev–Trinajstić information content (AvgIpc) is 3.08. The van der Waals surface area contributed by atoms with E-state index in [2.05, 4.69) is 20.1 Å². The lowest BCUT2D eigenvalue weighted by molar-refractivity contribution is -0.153. The first-order chi connectivity index (χ1) is 12.1. The van der Waals surface area contributed by atoms with Gasteiger partial charge in [0.1, 0.15) is 0 Å². The fourth-order valence-electron chi connectivity index (χ4n) is 5.05. The molecule has 4 atom stereocenters. The summed E-state index contributed by atoms with van der Waals surface area (Å²) in [6.07, 6.45) is 5.91. The molecular formula is C18H26N4O2S. The molecule has 4 heterocycles. The molecule has 3 aliphatic rings. The van der Waals surface area contributed by atoms with Gasteiger partial charge in [0, 0.05) is 56.6 Å². The molecule has 0 spiro atoms. The van der Waals surface area contributed by atoms with Gasteiger partial charge in [-0.25, -0.2) is 0 Å². The molecule has 4 rings (SSSR count). The minimum absolute atomic E-state index is 0.0135. The van der Waals surface area contributed by atoms with Crippen LogP contribution in [0.15, 0.2) is 11.7 Å². The van der Waals surface area contributed by atoms with Crippen LogP contribution in [0.25, 0.3) is 0 Å². The molecule has 25 heavy (non-hydrogen) atoms. The fourth-order valence-corrected chi connectivity index (χ4v) is 5.69. The van der Waals surface area contributed by atoms with Gasteiger partial charge in [-0.05, 0) is 31.1 Å². The maximum absolute atomic E-state index is 12.6. The minimum atomic E-state index is -0.0135. The van der Waals surface area contributed by atoms with Crippen molar-refractivity contribution < 1.29 is 9.59 Å². The van der Waals surface area contributed by atoms with Gasteiger partial charge in [-0.1, -0.05) is 0 Å². The van der Waals surface area contributed by atoms with Crippen molar-refractivity contribution >= 4 is 23.2 Å². The quantitative estimate of drug-likeness (QED) is 0.881. The van der Waals surface area contributed by atoms with Crippen LogP contribution in [0.5, 0.6) is 0 Å². The van der Waals surface area contributed by atoms with E-state index in [0.29, 0.717) is 30.8 Å². The van der Waals surface area contributed by atoms with Crippen molar-refractivity contribution in [1.82, 2.24) is 20.1 Å². The minimum Gasteiger partial charge on any atom is -0.354 e. The van der Waals surface area contributed by atoms with E-state index in [4.69, 9.17) is 0 Å². The zero-order chi connectivity index (χ0) is 17.4. The summed E-state index contributed by atoms with van der Waals surface area (Å²) in [5, 5.41) is 2.97. The highest BCUT2D eigenvalue weighted by atomic mass is 32.1. The number of thiazole rings is 1. The maximum atomic E-state index is 12.6. The summed E-state index contributed by atoms with van der Waals surface area (Å²) >= 11 is 1.71. The zero-order valence-corrected chi connectivity index (χ0v) is 15.5. The molecule has 0 saturated carbocycles. The van der Waals surface area contributed by atoms with Crippen LogP contribution in [0, 0.1) is 11.8 Å². The van der Waals surface area contributed by atoms with Gasteiger partial charge in [0.2, 0.25) is 11.8 Å². The maximum Gasteiger partial charge on any atom is 0.223 e. The van der Waals surface area contributed by atoms with Gasteiger partial charge in [-0.3, -0.25) is 19.5 Å². The highest BCUT2D eigenvalue weighted by molar-refractivity contribution is 7.09. The standard InChI is InChI=1S/C18H26N4O2S/c1-12(23)20-7-17-14-5-13(16-3-2-4-18(24)22(16)17)8-21(9-14)10-15-6-19-11-25-15/h6,11,13-14,16-17H,2-5,7-10H2,1H3,(H,20,23)/t13-,14+,16+,17+/m1/s1. The molecule has 3 aliphatic heterocycles. The van der Waals surface area contributed by atoms with Crippen LogP contribution in [0.3, 0.4) is 0 Å². The van der Waals surface area contributed by atoms with E-state index in [1.165, 1.54) is 11.3 Å². The van der Waals surface area contributed by atoms with Crippen LogP contribution in [-0.4, -0.2) is 58.3 Å². The number of rotatable bonds is 4. The number of hydrogen-bond donors (Lipinski definition) is 1. The lowest BCUT2D eigenvalue weighted by Gasteiger charge is -2.56. The van der Waals surface area contributed by atoms with E-state index in [-0.39, 0.29) is 17.9 Å². The summed E-state index contributed by atoms with van der Waals surface area (Å²) in [7, 11) is 0. The molecule has 1 N–H and O–H groups in total. The molecule has 0 unspecified atom stereocenters. The predicted octanol–water partition coefficient (Wildman–Crippen LogP) is 1.48. The van der Waals surface area contributed by atoms with Crippen molar-refractivity contribution in [2.24, 2.45) is 11.8 Å². The third-order valence-corrected chi connectivity index (χ3v) is 6.76. The molecule has 1 aromatic heterocycles. The van der Waals surface area contributed by atoms with Crippen molar-refractivity contribution in [2.75, 3.05) is 19.6 Å². The Labute approximate surface area is 152 Å². The second kappa shape index (κ2) is 7.03. The number of aromatic nitrogens is 1. The lowest BCUT2D eigenvalue weighted by atomic mass is 9.72. The second-order valence-corrected chi connectivity index (χ2v) is 8.65. The topological polar surface area (TPSA) is 65.5 Å². The molecule has 0 aromatic carbocycles. The molecule has 6 nitrogen and oxygen atoms in total. The summed E-state index contributed by atoms with van der Waals surface area (Å²) in [6.45, 7) is 5.15. The summed E-state index contributed by atoms with van der Waals surface area (Å²) in [4.78, 5) is 34.3. The molecular weight excluding hydrogens is 336 g/mol. The Hall–Kier alpha value is -1.47. The van der Waals surface area contributed by atoms with E-state index in [1.807, 2.05) is 11.7 Å². The monoisotopic (exact) mass is 362 g/mol. The van der Waals surface area contributed by atoms with Gasteiger partial charge in [0.05, 0.1) is 11.6 Å². The third-order valence-electron chi connectivity index (χ3n) is 6.00. The molecule has 2 bridgehead atoms. The Morgan fingerprint density at radius 1 is 1.40 bits per heavy atom. The first-order valence-electron chi connectivity index (χ1n) is 9.27. The smallest absolute Gasteiger partial charge is 0.223 e. The number of fused-ring (bicyclic) bond motifs is 4.